The summed E-state index contributed by atoms with van der Waals surface area (Å²) in [5.41, 5.74) is 5.70. The lowest BCUT2D eigenvalue weighted by atomic mass is 9.96. The lowest BCUT2D eigenvalue weighted by Gasteiger charge is -2.32. The van der Waals surface area contributed by atoms with Crippen molar-refractivity contribution in [1.82, 2.24) is 9.21 Å². The zero-order valence-corrected chi connectivity index (χ0v) is 17.9. The summed E-state index contributed by atoms with van der Waals surface area (Å²) in [6, 6.07) is 6.51. The second-order valence-corrected chi connectivity index (χ2v) is 9.20. The maximum absolute atomic E-state index is 12.8. The summed E-state index contributed by atoms with van der Waals surface area (Å²) in [4.78, 5) is 14.9. The van der Waals surface area contributed by atoms with E-state index in [2.05, 4.69) is 0 Å². The number of sulfonamides is 1. The molecule has 9 heteroatoms. The van der Waals surface area contributed by atoms with Gasteiger partial charge in [-0.3, -0.25) is 4.79 Å². The Bertz CT molecular complexity index is 749. The molecular weight excluding hydrogens is 402 g/mol. The average molecular weight is 432 g/mol. The number of rotatable bonds is 6. The Morgan fingerprint density at radius 3 is 2.32 bits per heavy atom. The van der Waals surface area contributed by atoms with Gasteiger partial charge in [0, 0.05) is 32.1 Å². The molecule has 0 aromatic heterocycles. The molecule has 0 saturated carbocycles. The molecule has 2 saturated heterocycles. The minimum atomic E-state index is -3.54. The zero-order valence-electron chi connectivity index (χ0n) is 16.2. The van der Waals surface area contributed by atoms with E-state index in [1.807, 2.05) is 11.8 Å². The molecule has 0 radical (unpaired) electrons. The monoisotopic (exact) mass is 431 g/mol. The molecule has 0 bridgehead atoms. The van der Waals surface area contributed by atoms with E-state index in [-0.39, 0.29) is 29.1 Å². The molecule has 2 N–H and O–H groups in total. The fourth-order valence-electron chi connectivity index (χ4n) is 3.85. The lowest BCUT2D eigenvalue weighted by molar-refractivity contribution is -0.135. The Hall–Kier alpha value is -1.35. The number of benzene rings is 1. The molecule has 1 atom stereocenters. The van der Waals surface area contributed by atoms with Gasteiger partial charge in [0.1, 0.15) is 5.75 Å². The van der Waals surface area contributed by atoms with E-state index in [0.29, 0.717) is 50.8 Å². The molecule has 2 aliphatic heterocycles. The maximum atomic E-state index is 12.8. The summed E-state index contributed by atoms with van der Waals surface area (Å²) in [5, 5.41) is 0. The summed E-state index contributed by atoms with van der Waals surface area (Å²) < 4.78 is 32.5. The Kier molecular flexibility index (Phi) is 8.12. The van der Waals surface area contributed by atoms with Gasteiger partial charge in [-0.1, -0.05) is 0 Å². The molecule has 1 aromatic carbocycles. The van der Waals surface area contributed by atoms with Gasteiger partial charge in [-0.15, -0.1) is 12.4 Å². The molecule has 0 spiro atoms. The zero-order chi connectivity index (χ0) is 19.4. The molecular formula is C19H30ClN3O4S. The average Bonchev–Trinajstić information content (AvgIpc) is 3.17. The molecule has 0 aliphatic carbocycles. The van der Waals surface area contributed by atoms with Crippen molar-refractivity contribution in [2.24, 2.45) is 17.6 Å². The van der Waals surface area contributed by atoms with E-state index < -0.39 is 10.0 Å². The maximum Gasteiger partial charge on any atom is 0.243 e. The molecule has 3 rings (SSSR count). The summed E-state index contributed by atoms with van der Waals surface area (Å²) >= 11 is 0. The van der Waals surface area contributed by atoms with Crippen LogP contribution in [0.2, 0.25) is 0 Å². The first kappa shape index (κ1) is 22.9. The number of hydrogen-bond acceptors (Lipinski definition) is 5. The van der Waals surface area contributed by atoms with Crippen molar-refractivity contribution < 1.29 is 17.9 Å². The minimum absolute atomic E-state index is 0. The Morgan fingerprint density at radius 2 is 1.79 bits per heavy atom. The summed E-state index contributed by atoms with van der Waals surface area (Å²) in [5.74, 6) is 1.12. The van der Waals surface area contributed by atoms with Gasteiger partial charge < -0.3 is 15.4 Å². The number of hydrogen-bond donors (Lipinski definition) is 1. The topological polar surface area (TPSA) is 92.9 Å². The van der Waals surface area contributed by atoms with Crippen molar-refractivity contribution in [3.05, 3.63) is 24.3 Å². The third-order valence-electron chi connectivity index (χ3n) is 5.51. The minimum Gasteiger partial charge on any atom is -0.494 e. The lowest BCUT2D eigenvalue weighted by Crippen LogP contribution is -2.44. The van der Waals surface area contributed by atoms with Gasteiger partial charge >= 0.3 is 0 Å². The molecule has 1 amide bonds. The van der Waals surface area contributed by atoms with Crippen molar-refractivity contribution >= 4 is 28.3 Å². The second kappa shape index (κ2) is 9.91. The standard InChI is InChI=1S/C19H29N3O4S.ClH/c1-2-26-17-3-5-18(6-4-17)27(24,25)22-11-8-16(9-12-22)19(23)21-10-7-15(13-20)14-21;/h3-6,15-16H,2,7-14,20H2,1H3;1H. The van der Waals surface area contributed by atoms with E-state index in [1.54, 1.807) is 24.3 Å². The van der Waals surface area contributed by atoms with Crippen molar-refractivity contribution in [2.75, 3.05) is 39.3 Å². The van der Waals surface area contributed by atoms with Crippen LogP contribution in [0.1, 0.15) is 26.2 Å². The number of carbonyl (C=O) groups excluding carboxylic acids is 1. The highest BCUT2D eigenvalue weighted by atomic mass is 35.5. The predicted octanol–water partition coefficient (Wildman–Crippen LogP) is 1.71. The van der Waals surface area contributed by atoms with Gasteiger partial charge in [-0.2, -0.15) is 4.31 Å². The van der Waals surface area contributed by atoms with Crippen LogP contribution in [-0.2, 0) is 14.8 Å². The third-order valence-corrected chi connectivity index (χ3v) is 7.42. The number of nitrogens with two attached hydrogens (primary N) is 1. The van der Waals surface area contributed by atoms with Crippen LogP contribution in [0.25, 0.3) is 0 Å². The van der Waals surface area contributed by atoms with Crippen molar-refractivity contribution in [3.8, 4) is 5.75 Å². The van der Waals surface area contributed by atoms with Crippen LogP contribution in [0.3, 0.4) is 0 Å². The SMILES string of the molecule is CCOc1ccc(S(=O)(=O)N2CCC(C(=O)N3CCC(CN)C3)CC2)cc1.Cl. The van der Waals surface area contributed by atoms with Gasteiger partial charge in [0.25, 0.3) is 0 Å². The largest absolute Gasteiger partial charge is 0.494 e. The van der Waals surface area contributed by atoms with Crippen LogP contribution in [0.4, 0.5) is 0 Å². The van der Waals surface area contributed by atoms with Gasteiger partial charge in [0.15, 0.2) is 0 Å². The van der Waals surface area contributed by atoms with Crippen LogP contribution in [-0.4, -0.2) is 62.9 Å². The quantitative estimate of drug-likeness (QED) is 0.740. The van der Waals surface area contributed by atoms with E-state index in [0.717, 1.165) is 19.5 Å². The van der Waals surface area contributed by atoms with E-state index >= 15 is 0 Å². The fraction of sp³-hybridized carbons (Fsp3) is 0.632. The van der Waals surface area contributed by atoms with Crippen molar-refractivity contribution in [1.29, 1.82) is 0 Å². The second-order valence-electron chi connectivity index (χ2n) is 7.26. The van der Waals surface area contributed by atoms with Crippen LogP contribution >= 0.6 is 12.4 Å². The Morgan fingerprint density at radius 1 is 1.14 bits per heavy atom. The smallest absolute Gasteiger partial charge is 0.243 e. The Labute approximate surface area is 173 Å². The van der Waals surface area contributed by atoms with Gasteiger partial charge in [0.05, 0.1) is 11.5 Å². The molecule has 2 aliphatic rings. The number of piperidine rings is 1. The van der Waals surface area contributed by atoms with Crippen LogP contribution in [0.5, 0.6) is 5.75 Å². The first-order valence-corrected chi connectivity index (χ1v) is 11.1. The Balaban J connectivity index is 0.00000280. The first-order valence-electron chi connectivity index (χ1n) is 9.67. The molecule has 1 aromatic rings. The van der Waals surface area contributed by atoms with E-state index in [9.17, 15) is 13.2 Å². The summed E-state index contributed by atoms with van der Waals surface area (Å²) in [7, 11) is -3.54. The van der Waals surface area contributed by atoms with E-state index in [1.165, 1.54) is 4.31 Å². The number of amides is 1. The van der Waals surface area contributed by atoms with Gasteiger partial charge in [-0.05, 0) is 62.9 Å². The predicted molar refractivity (Wildman–Crippen MR) is 110 cm³/mol. The molecule has 158 valence electrons. The highest BCUT2D eigenvalue weighted by molar-refractivity contribution is 7.89. The number of likely N-dealkylation sites (tertiary alicyclic amines) is 1. The van der Waals surface area contributed by atoms with Crippen LogP contribution in [0.15, 0.2) is 29.2 Å². The summed E-state index contributed by atoms with van der Waals surface area (Å²) in [6.07, 6.45) is 2.10. The van der Waals surface area contributed by atoms with Crippen molar-refractivity contribution in [2.45, 2.75) is 31.1 Å². The molecule has 7 nitrogen and oxygen atoms in total. The first-order chi connectivity index (χ1) is 13.0. The van der Waals surface area contributed by atoms with Crippen molar-refractivity contribution in [3.63, 3.8) is 0 Å². The molecule has 2 heterocycles. The van der Waals surface area contributed by atoms with Gasteiger partial charge in [-0.25, -0.2) is 8.42 Å². The highest BCUT2D eigenvalue weighted by Crippen LogP contribution is 2.27. The number of ether oxygens (including phenoxy) is 1. The fourth-order valence-corrected chi connectivity index (χ4v) is 5.32. The van der Waals surface area contributed by atoms with Crippen LogP contribution < -0.4 is 10.5 Å². The molecule has 28 heavy (non-hydrogen) atoms. The number of halogens is 1. The van der Waals surface area contributed by atoms with E-state index in [4.69, 9.17) is 10.5 Å². The normalized spacial score (nSPS) is 21.4. The van der Waals surface area contributed by atoms with Crippen LogP contribution in [0, 0.1) is 11.8 Å². The number of nitrogens with zero attached hydrogens (tertiary/aromatic N) is 2. The molecule has 2 fully saturated rings. The number of carbonyl (C=O) groups is 1. The summed E-state index contributed by atoms with van der Waals surface area (Å²) in [6.45, 7) is 5.29. The third kappa shape index (κ3) is 4.97. The molecule has 1 unspecified atom stereocenters. The van der Waals surface area contributed by atoms with Gasteiger partial charge in [0.2, 0.25) is 15.9 Å². The highest BCUT2D eigenvalue weighted by Gasteiger charge is 2.35.